The Morgan fingerprint density at radius 3 is 2.60 bits per heavy atom. The molecule has 1 aromatic heterocycles. The van der Waals surface area contributed by atoms with Crippen LogP contribution in [0, 0.1) is 0 Å². The lowest BCUT2D eigenvalue weighted by atomic mass is 10.1. The second kappa shape index (κ2) is 4.61. The molecule has 0 aliphatic carbocycles. The van der Waals surface area contributed by atoms with E-state index in [1.807, 2.05) is 12.1 Å². The van der Waals surface area contributed by atoms with Crippen LogP contribution in [0.1, 0.15) is 10.4 Å². The third-order valence-corrected chi connectivity index (χ3v) is 4.30. The first-order chi connectivity index (χ1) is 9.60. The van der Waals surface area contributed by atoms with Gasteiger partial charge in [0.1, 0.15) is 5.75 Å². The highest BCUT2D eigenvalue weighted by atomic mass is 32.1. The summed E-state index contributed by atoms with van der Waals surface area (Å²) in [6.45, 7) is 0. The van der Waals surface area contributed by atoms with Gasteiger partial charge < -0.3 is 10.5 Å². The largest absolute Gasteiger partial charge is 0.497 e. The second-order valence-corrected chi connectivity index (χ2v) is 5.45. The van der Waals surface area contributed by atoms with E-state index in [9.17, 15) is 9.59 Å². The minimum atomic E-state index is -0.499. The van der Waals surface area contributed by atoms with Gasteiger partial charge in [0.25, 0.3) is 0 Å². The van der Waals surface area contributed by atoms with E-state index in [0.717, 1.165) is 9.40 Å². The van der Waals surface area contributed by atoms with E-state index in [-0.39, 0.29) is 5.43 Å². The molecule has 1 amide bonds. The fraction of sp³-hybridized carbons (Fsp3) is 0.0667. The van der Waals surface area contributed by atoms with Crippen molar-refractivity contribution in [1.29, 1.82) is 0 Å². The highest BCUT2D eigenvalue weighted by molar-refractivity contribution is 7.24. The summed E-state index contributed by atoms with van der Waals surface area (Å²) in [5, 5.41) is 1.20. The van der Waals surface area contributed by atoms with Crippen molar-refractivity contribution in [3.8, 4) is 5.75 Å². The Balaban J connectivity index is 2.40. The van der Waals surface area contributed by atoms with Crippen molar-refractivity contribution in [1.82, 2.24) is 0 Å². The lowest BCUT2D eigenvalue weighted by molar-refractivity contribution is 0.100. The Kier molecular flexibility index (Phi) is 2.91. The Morgan fingerprint density at radius 2 is 1.90 bits per heavy atom. The first-order valence-corrected chi connectivity index (χ1v) is 6.76. The van der Waals surface area contributed by atoms with Gasteiger partial charge in [-0.05, 0) is 36.4 Å². The number of fused-ring (bicyclic) bond motifs is 2. The number of carbonyl (C=O) groups excluding carboxylic acids is 1. The summed E-state index contributed by atoms with van der Waals surface area (Å²) in [7, 11) is 1.56. The highest BCUT2D eigenvalue weighted by Crippen LogP contribution is 2.27. The van der Waals surface area contributed by atoms with Crippen molar-refractivity contribution in [2.24, 2.45) is 5.73 Å². The van der Waals surface area contributed by atoms with Crippen molar-refractivity contribution in [2.75, 3.05) is 7.11 Å². The second-order valence-electron chi connectivity index (χ2n) is 4.37. The summed E-state index contributed by atoms with van der Waals surface area (Å²) in [5.41, 5.74) is 5.60. The number of nitrogens with two attached hydrogens (primary N) is 1. The fourth-order valence-electron chi connectivity index (χ4n) is 2.11. The van der Waals surface area contributed by atoms with Crippen molar-refractivity contribution in [3.63, 3.8) is 0 Å². The third kappa shape index (κ3) is 1.92. The SMILES string of the molecule is COc1ccc2sc3cc(C(N)=O)ccc3c(=O)c2c1. The van der Waals surface area contributed by atoms with E-state index in [1.165, 1.54) is 11.3 Å². The molecule has 0 unspecified atom stereocenters. The molecule has 0 spiro atoms. The zero-order valence-corrected chi connectivity index (χ0v) is 11.5. The Morgan fingerprint density at radius 1 is 1.10 bits per heavy atom. The molecule has 100 valence electrons. The van der Waals surface area contributed by atoms with Crippen molar-refractivity contribution < 1.29 is 9.53 Å². The molecule has 0 saturated heterocycles. The molecule has 2 N–H and O–H groups in total. The van der Waals surface area contributed by atoms with Gasteiger partial charge in [0.2, 0.25) is 5.91 Å². The van der Waals surface area contributed by atoms with Crippen molar-refractivity contribution in [2.45, 2.75) is 0 Å². The topological polar surface area (TPSA) is 69.4 Å². The van der Waals surface area contributed by atoms with Gasteiger partial charge in [-0.15, -0.1) is 11.3 Å². The average Bonchev–Trinajstić information content (AvgIpc) is 2.46. The van der Waals surface area contributed by atoms with Crippen LogP contribution >= 0.6 is 11.3 Å². The Labute approximate surface area is 118 Å². The molecule has 20 heavy (non-hydrogen) atoms. The molecule has 0 aliphatic rings. The van der Waals surface area contributed by atoms with Crippen LogP contribution in [-0.2, 0) is 0 Å². The lowest BCUT2D eigenvalue weighted by Gasteiger charge is -2.04. The number of hydrogen-bond acceptors (Lipinski definition) is 4. The number of hydrogen-bond donors (Lipinski definition) is 1. The first-order valence-electron chi connectivity index (χ1n) is 5.94. The van der Waals surface area contributed by atoms with Gasteiger partial charge in [-0.25, -0.2) is 0 Å². The minimum absolute atomic E-state index is 0.0660. The van der Waals surface area contributed by atoms with Gasteiger partial charge in [0.15, 0.2) is 5.43 Å². The molecular weight excluding hydrogens is 274 g/mol. The zero-order valence-electron chi connectivity index (χ0n) is 10.7. The van der Waals surface area contributed by atoms with Crippen LogP contribution in [0.4, 0.5) is 0 Å². The molecule has 0 saturated carbocycles. The van der Waals surface area contributed by atoms with Crippen LogP contribution in [0.2, 0.25) is 0 Å². The van der Waals surface area contributed by atoms with Gasteiger partial charge in [-0.3, -0.25) is 9.59 Å². The van der Waals surface area contributed by atoms with Gasteiger partial charge in [-0.2, -0.15) is 0 Å². The fourth-order valence-corrected chi connectivity index (χ4v) is 3.20. The number of rotatable bonds is 2. The maximum atomic E-state index is 12.5. The molecule has 4 nitrogen and oxygen atoms in total. The van der Waals surface area contributed by atoms with Crippen LogP contribution in [0.15, 0.2) is 41.2 Å². The predicted octanol–water partition coefficient (Wildman–Crippen LogP) is 2.52. The van der Waals surface area contributed by atoms with E-state index in [4.69, 9.17) is 10.5 Å². The molecule has 3 rings (SSSR count). The number of carbonyl (C=O) groups is 1. The number of methoxy groups -OCH3 is 1. The van der Waals surface area contributed by atoms with Crippen molar-refractivity contribution in [3.05, 3.63) is 52.2 Å². The minimum Gasteiger partial charge on any atom is -0.497 e. The summed E-state index contributed by atoms with van der Waals surface area (Å²) in [6, 6.07) is 10.3. The average molecular weight is 285 g/mol. The smallest absolute Gasteiger partial charge is 0.248 e. The van der Waals surface area contributed by atoms with E-state index in [2.05, 4.69) is 0 Å². The lowest BCUT2D eigenvalue weighted by Crippen LogP contribution is -2.11. The summed E-state index contributed by atoms with van der Waals surface area (Å²) in [4.78, 5) is 23.7. The monoisotopic (exact) mass is 285 g/mol. The van der Waals surface area contributed by atoms with E-state index in [0.29, 0.717) is 22.1 Å². The summed E-state index contributed by atoms with van der Waals surface area (Å²) in [6.07, 6.45) is 0. The number of ether oxygens (including phenoxy) is 1. The summed E-state index contributed by atoms with van der Waals surface area (Å²) < 4.78 is 6.75. The number of amides is 1. The Hall–Kier alpha value is -2.40. The quantitative estimate of drug-likeness (QED) is 0.735. The van der Waals surface area contributed by atoms with Gasteiger partial charge in [0.05, 0.1) is 7.11 Å². The van der Waals surface area contributed by atoms with Crippen LogP contribution < -0.4 is 15.9 Å². The number of primary amides is 1. The maximum absolute atomic E-state index is 12.5. The molecule has 0 atom stereocenters. The van der Waals surface area contributed by atoms with E-state index in [1.54, 1.807) is 31.4 Å². The third-order valence-electron chi connectivity index (χ3n) is 3.16. The van der Waals surface area contributed by atoms with E-state index >= 15 is 0 Å². The van der Waals surface area contributed by atoms with Crippen molar-refractivity contribution >= 4 is 37.4 Å². The molecule has 1 heterocycles. The number of benzene rings is 2. The van der Waals surface area contributed by atoms with Crippen LogP contribution in [-0.4, -0.2) is 13.0 Å². The zero-order chi connectivity index (χ0) is 14.3. The van der Waals surface area contributed by atoms with Crippen LogP contribution in [0.5, 0.6) is 5.75 Å². The molecular formula is C15H11NO3S. The molecule has 5 heteroatoms. The highest BCUT2D eigenvalue weighted by Gasteiger charge is 2.09. The van der Waals surface area contributed by atoms with Gasteiger partial charge >= 0.3 is 0 Å². The van der Waals surface area contributed by atoms with Crippen LogP contribution in [0.25, 0.3) is 20.2 Å². The molecule has 3 aromatic rings. The van der Waals surface area contributed by atoms with E-state index < -0.39 is 5.91 Å². The first kappa shape index (κ1) is 12.6. The molecule has 0 radical (unpaired) electrons. The standard InChI is InChI=1S/C15H11NO3S/c1-19-9-3-5-12-11(7-9)14(17)10-4-2-8(15(16)18)6-13(10)20-12/h2-7H,1H3,(H2,16,18). The van der Waals surface area contributed by atoms with Gasteiger partial charge in [-0.1, -0.05) is 0 Å². The molecule has 0 aliphatic heterocycles. The normalized spacial score (nSPS) is 10.8. The molecule has 0 fully saturated rings. The molecule has 2 aromatic carbocycles. The predicted molar refractivity (Wildman–Crippen MR) is 80.7 cm³/mol. The molecule has 0 bridgehead atoms. The van der Waals surface area contributed by atoms with Crippen LogP contribution in [0.3, 0.4) is 0 Å². The van der Waals surface area contributed by atoms with Gasteiger partial charge in [0, 0.05) is 25.7 Å². The summed E-state index contributed by atoms with van der Waals surface area (Å²) in [5.74, 6) is 0.149. The maximum Gasteiger partial charge on any atom is 0.248 e. The Bertz CT molecular complexity index is 899. The summed E-state index contributed by atoms with van der Waals surface area (Å²) >= 11 is 1.45.